The van der Waals surface area contributed by atoms with Crippen LogP contribution in [-0.2, 0) is 25.6 Å². The minimum Gasteiger partial charge on any atom is -0.429 e. The lowest BCUT2D eigenvalue weighted by Crippen LogP contribution is -2.33. The van der Waals surface area contributed by atoms with E-state index in [0.717, 1.165) is 5.56 Å². The van der Waals surface area contributed by atoms with Crippen LogP contribution in [0.4, 0.5) is 4.79 Å². The van der Waals surface area contributed by atoms with E-state index in [1.807, 2.05) is 30.3 Å². The maximum absolute atomic E-state index is 11.7. The Labute approximate surface area is 122 Å². The van der Waals surface area contributed by atoms with Crippen molar-refractivity contribution >= 4 is 6.16 Å². The SMILES string of the molecule is O=C(OCc1ccccc1)O[C@@H]1CO[C@H]2C[C@H](CO)O[C@H]21. The molecule has 6 nitrogen and oxygen atoms in total. The summed E-state index contributed by atoms with van der Waals surface area (Å²) in [6, 6.07) is 9.39. The van der Waals surface area contributed by atoms with Gasteiger partial charge in [-0.2, -0.15) is 0 Å². The number of aliphatic hydroxyl groups excluding tert-OH is 1. The maximum atomic E-state index is 11.7. The van der Waals surface area contributed by atoms with E-state index in [0.29, 0.717) is 13.0 Å². The van der Waals surface area contributed by atoms with Gasteiger partial charge in [-0.1, -0.05) is 30.3 Å². The molecule has 0 bridgehead atoms. The summed E-state index contributed by atoms with van der Waals surface area (Å²) < 4.78 is 21.4. The van der Waals surface area contributed by atoms with Crippen LogP contribution in [0.3, 0.4) is 0 Å². The van der Waals surface area contributed by atoms with Gasteiger partial charge in [0.2, 0.25) is 0 Å². The third-order valence-electron chi connectivity index (χ3n) is 3.70. The molecule has 2 aliphatic rings. The quantitative estimate of drug-likeness (QED) is 0.843. The minimum absolute atomic E-state index is 0.0540. The predicted molar refractivity (Wildman–Crippen MR) is 71.6 cm³/mol. The number of hydrogen-bond acceptors (Lipinski definition) is 6. The molecular formula is C15H18O6. The minimum atomic E-state index is -0.732. The fourth-order valence-corrected chi connectivity index (χ4v) is 2.65. The summed E-state index contributed by atoms with van der Waals surface area (Å²) in [5.74, 6) is 0. The van der Waals surface area contributed by atoms with Gasteiger partial charge in [-0.05, 0) is 5.56 Å². The molecule has 4 atom stereocenters. The van der Waals surface area contributed by atoms with Crippen molar-refractivity contribution in [3.8, 4) is 0 Å². The Morgan fingerprint density at radius 1 is 1.33 bits per heavy atom. The summed E-state index contributed by atoms with van der Waals surface area (Å²) in [5, 5.41) is 9.09. The molecule has 0 saturated carbocycles. The van der Waals surface area contributed by atoms with E-state index >= 15 is 0 Å². The molecule has 2 aliphatic heterocycles. The van der Waals surface area contributed by atoms with Crippen LogP contribution in [-0.4, -0.2) is 48.9 Å². The fourth-order valence-electron chi connectivity index (χ4n) is 2.65. The van der Waals surface area contributed by atoms with E-state index in [2.05, 4.69) is 0 Å². The van der Waals surface area contributed by atoms with Crippen LogP contribution in [0.15, 0.2) is 30.3 Å². The highest BCUT2D eigenvalue weighted by Gasteiger charge is 2.47. The van der Waals surface area contributed by atoms with E-state index in [4.69, 9.17) is 24.1 Å². The van der Waals surface area contributed by atoms with Gasteiger partial charge in [0.1, 0.15) is 12.7 Å². The summed E-state index contributed by atoms with van der Waals surface area (Å²) in [6.45, 7) is 0.414. The van der Waals surface area contributed by atoms with E-state index < -0.39 is 12.3 Å². The van der Waals surface area contributed by atoms with Gasteiger partial charge in [0.05, 0.1) is 25.4 Å². The number of benzene rings is 1. The van der Waals surface area contributed by atoms with Gasteiger partial charge < -0.3 is 24.1 Å². The first-order valence-corrected chi connectivity index (χ1v) is 7.01. The van der Waals surface area contributed by atoms with Gasteiger partial charge in [0.25, 0.3) is 0 Å². The molecule has 0 amide bonds. The van der Waals surface area contributed by atoms with Crippen molar-refractivity contribution < 1.29 is 28.8 Å². The first kappa shape index (κ1) is 14.3. The topological polar surface area (TPSA) is 74.2 Å². The maximum Gasteiger partial charge on any atom is 0.509 e. The average molecular weight is 294 g/mol. The Hall–Kier alpha value is -1.63. The lowest BCUT2D eigenvalue weighted by Gasteiger charge is -2.17. The number of carbonyl (C=O) groups is 1. The second-order valence-corrected chi connectivity index (χ2v) is 5.19. The van der Waals surface area contributed by atoms with E-state index in [1.165, 1.54) is 0 Å². The van der Waals surface area contributed by atoms with Crippen molar-refractivity contribution in [2.24, 2.45) is 0 Å². The van der Waals surface area contributed by atoms with Crippen LogP contribution in [0.25, 0.3) is 0 Å². The third kappa shape index (κ3) is 3.34. The molecular weight excluding hydrogens is 276 g/mol. The molecule has 0 aliphatic carbocycles. The molecule has 0 unspecified atom stereocenters. The number of carbonyl (C=O) groups excluding carboxylic acids is 1. The molecule has 2 fully saturated rings. The zero-order valence-electron chi connectivity index (χ0n) is 11.5. The lowest BCUT2D eigenvalue weighted by atomic mass is 10.1. The second-order valence-electron chi connectivity index (χ2n) is 5.19. The van der Waals surface area contributed by atoms with E-state index in [1.54, 1.807) is 0 Å². The largest absolute Gasteiger partial charge is 0.509 e. The third-order valence-corrected chi connectivity index (χ3v) is 3.70. The van der Waals surface area contributed by atoms with Gasteiger partial charge in [-0.15, -0.1) is 0 Å². The average Bonchev–Trinajstić information content (AvgIpc) is 3.08. The van der Waals surface area contributed by atoms with Crippen LogP contribution in [0.1, 0.15) is 12.0 Å². The Morgan fingerprint density at radius 2 is 2.14 bits per heavy atom. The molecule has 114 valence electrons. The summed E-state index contributed by atoms with van der Waals surface area (Å²) in [4.78, 5) is 11.7. The normalized spacial score (nSPS) is 30.9. The molecule has 1 aromatic rings. The lowest BCUT2D eigenvalue weighted by molar-refractivity contribution is -0.0588. The van der Waals surface area contributed by atoms with Gasteiger partial charge in [-0.3, -0.25) is 0 Å². The Balaban J connectivity index is 1.47. The number of ether oxygens (including phenoxy) is 4. The first-order chi connectivity index (χ1) is 10.3. The molecule has 2 saturated heterocycles. The number of fused-ring (bicyclic) bond motifs is 1. The molecule has 3 rings (SSSR count). The summed E-state index contributed by atoms with van der Waals surface area (Å²) in [6.07, 6.45) is -1.26. The Morgan fingerprint density at radius 3 is 2.90 bits per heavy atom. The number of rotatable bonds is 4. The van der Waals surface area contributed by atoms with Crippen molar-refractivity contribution in [1.29, 1.82) is 0 Å². The van der Waals surface area contributed by atoms with Crippen LogP contribution in [0.5, 0.6) is 0 Å². The van der Waals surface area contributed by atoms with Crippen molar-refractivity contribution in [1.82, 2.24) is 0 Å². The van der Waals surface area contributed by atoms with Crippen LogP contribution in [0.2, 0.25) is 0 Å². The second kappa shape index (κ2) is 6.43. The smallest absolute Gasteiger partial charge is 0.429 e. The van der Waals surface area contributed by atoms with Crippen molar-refractivity contribution in [3.63, 3.8) is 0 Å². The van der Waals surface area contributed by atoms with Gasteiger partial charge >= 0.3 is 6.16 Å². The van der Waals surface area contributed by atoms with Crippen LogP contribution < -0.4 is 0 Å². The van der Waals surface area contributed by atoms with E-state index in [-0.39, 0.29) is 31.5 Å². The Bertz CT molecular complexity index is 476. The summed E-state index contributed by atoms with van der Waals surface area (Å²) in [7, 11) is 0. The fraction of sp³-hybridized carbons (Fsp3) is 0.533. The van der Waals surface area contributed by atoms with Gasteiger partial charge in [0.15, 0.2) is 6.10 Å². The highest BCUT2D eigenvalue weighted by Crippen LogP contribution is 2.32. The van der Waals surface area contributed by atoms with Crippen molar-refractivity contribution in [2.45, 2.75) is 37.4 Å². The summed E-state index contributed by atoms with van der Waals surface area (Å²) in [5.41, 5.74) is 0.896. The first-order valence-electron chi connectivity index (χ1n) is 7.01. The molecule has 21 heavy (non-hydrogen) atoms. The summed E-state index contributed by atoms with van der Waals surface area (Å²) >= 11 is 0. The van der Waals surface area contributed by atoms with Gasteiger partial charge in [0, 0.05) is 6.42 Å². The van der Waals surface area contributed by atoms with Crippen LogP contribution in [0, 0.1) is 0 Å². The number of hydrogen-bond donors (Lipinski definition) is 1. The molecule has 0 aromatic heterocycles. The van der Waals surface area contributed by atoms with Crippen molar-refractivity contribution in [3.05, 3.63) is 35.9 Å². The molecule has 0 radical (unpaired) electrons. The Kier molecular flexibility index (Phi) is 4.38. The molecule has 2 heterocycles. The molecule has 0 spiro atoms. The zero-order chi connectivity index (χ0) is 14.7. The molecule has 6 heteroatoms. The molecule has 1 N–H and O–H groups in total. The monoisotopic (exact) mass is 294 g/mol. The number of aliphatic hydroxyl groups is 1. The highest BCUT2D eigenvalue weighted by atomic mass is 16.7. The van der Waals surface area contributed by atoms with Crippen LogP contribution >= 0.6 is 0 Å². The van der Waals surface area contributed by atoms with Crippen molar-refractivity contribution in [2.75, 3.05) is 13.2 Å². The predicted octanol–water partition coefficient (Wildman–Crippen LogP) is 1.26. The zero-order valence-corrected chi connectivity index (χ0v) is 11.5. The van der Waals surface area contributed by atoms with Gasteiger partial charge in [-0.25, -0.2) is 4.79 Å². The standard InChI is InChI=1S/C15H18O6/c16-7-11-6-12-14(20-11)13(9-18-12)21-15(17)19-8-10-4-2-1-3-5-10/h1-5,11-14,16H,6-9H2/t11-,12+,13-,14-/m1/s1. The van der Waals surface area contributed by atoms with E-state index in [9.17, 15) is 4.79 Å². The molecule has 1 aromatic carbocycles. The highest BCUT2D eigenvalue weighted by molar-refractivity contribution is 5.60.